The standard InChI is InChI=1S/C57H37N5/c1-5-19-38(20-6-1)48-37-49(46-32-18-34-51-54(46)47-31-15-16-33-50(47)61(51)44-28-11-4-12-29-44)59-57(58-48)43-27-17-26-42(35-43)52-36-41-25-13-14-30-45(41)56-53(39-21-7-2-8-22-39)55(60-62(52)56)40-23-9-3-10-24-40/h1-37H. The van der Waals surface area contributed by atoms with E-state index in [1.54, 1.807) is 0 Å². The van der Waals surface area contributed by atoms with Gasteiger partial charge in [0.25, 0.3) is 0 Å². The Bertz CT molecular complexity index is 3610. The summed E-state index contributed by atoms with van der Waals surface area (Å²) in [5.74, 6) is 0.652. The Morgan fingerprint density at radius 2 is 0.968 bits per heavy atom. The van der Waals surface area contributed by atoms with E-state index in [2.05, 4.69) is 227 Å². The molecule has 0 saturated carbocycles. The smallest absolute Gasteiger partial charge is 0.160 e. The predicted molar refractivity (Wildman–Crippen MR) is 255 cm³/mol. The SMILES string of the molecule is c1ccc(-c2cc(-c3cccc4c3c3ccccc3n4-c3ccccc3)nc(-c3cccc(-c4cc5ccccc5c5c(-c6ccccc6)c(-c6ccccc6)nn45)c3)n2)cc1. The van der Waals surface area contributed by atoms with Crippen LogP contribution in [0, 0.1) is 0 Å². The van der Waals surface area contributed by atoms with Gasteiger partial charge < -0.3 is 4.57 Å². The lowest BCUT2D eigenvalue weighted by Crippen LogP contribution is -1.98. The highest BCUT2D eigenvalue weighted by atomic mass is 15.2. The van der Waals surface area contributed by atoms with Crippen molar-refractivity contribution in [3.05, 3.63) is 224 Å². The predicted octanol–water partition coefficient (Wildman–Crippen LogP) is 14.4. The Kier molecular flexibility index (Phi) is 8.42. The first kappa shape index (κ1) is 35.5. The van der Waals surface area contributed by atoms with E-state index < -0.39 is 0 Å². The van der Waals surface area contributed by atoms with Crippen LogP contribution in [0.5, 0.6) is 0 Å². The molecule has 0 atom stereocenters. The maximum atomic E-state index is 5.46. The second-order valence-electron chi connectivity index (χ2n) is 15.6. The summed E-state index contributed by atoms with van der Waals surface area (Å²) < 4.78 is 4.49. The third-order valence-corrected chi connectivity index (χ3v) is 11.9. The van der Waals surface area contributed by atoms with Gasteiger partial charge in [-0.1, -0.05) is 182 Å². The number of para-hydroxylation sites is 2. The van der Waals surface area contributed by atoms with Gasteiger partial charge in [0.05, 0.1) is 33.6 Å². The molecule has 5 heteroatoms. The number of fused-ring (bicyclic) bond motifs is 6. The van der Waals surface area contributed by atoms with Crippen molar-refractivity contribution in [2.24, 2.45) is 0 Å². The van der Waals surface area contributed by atoms with Crippen molar-refractivity contribution in [2.45, 2.75) is 0 Å². The van der Waals surface area contributed by atoms with Crippen molar-refractivity contribution in [3.8, 4) is 73.2 Å². The van der Waals surface area contributed by atoms with Gasteiger partial charge in [-0.15, -0.1) is 0 Å². The van der Waals surface area contributed by atoms with Crippen molar-refractivity contribution in [1.29, 1.82) is 0 Å². The summed E-state index contributed by atoms with van der Waals surface area (Å²) in [6, 6.07) is 78.9. The molecule has 5 nitrogen and oxygen atoms in total. The molecule has 0 amide bonds. The van der Waals surface area contributed by atoms with Gasteiger partial charge in [0.15, 0.2) is 5.82 Å². The van der Waals surface area contributed by atoms with Crippen LogP contribution in [-0.2, 0) is 0 Å². The molecule has 8 aromatic carbocycles. The Labute approximate surface area is 358 Å². The number of pyridine rings is 1. The maximum absolute atomic E-state index is 5.46. The third kappa shape index (κ3) is 5.90. The molecule has 4 aromatic heterocycles. The van der Waals surface area contributed by atoms with Crippen molar-refractivity contribution in [3.63, 3.8) is 0 Å². The fraction of sp³-hybridized carbons (Fsp3) is 0. The highest BCUT2D eigenvalue weighted by Crippen LogP contribution is 2.42. The Morgan fingerprint density at radius 3 is 1.74 bits per heavy atom. The van der Waals surface area contributed by atoms with Crippen LogP contribution in [0.25, 0.3) is 111 Å². The van der Waals surface area contributed by atoms with Gasteiger partial charge in [-0.05, 0) is 53.4 Å². The lowest BCUT2D eigenvalue weighted by Gasteiger charge is -2.13. The fourth-order valence-corrected chi connectivity index (χ4v) is 9.15. The molecule has 0 spiro atoms. The molecule has 0 radical (unpaired) electrons. The van der Waals surface area contributed by atoms with Crippen LogP contribution in [0.4, 0.5) is 0 Å². The molecule has 12 rings (SSSR count). The first-order chi connectivity index (χ1) is 30.8. The molecule has 290 valence electrons. The number of hydrogen-bond donors (Lipinski definition) is 0. The minimum Gasteiger partial charge on any atom is -0.309 e. The van der Waals surface area contributed by atoms with E-state index in [4.69, 9.17) is 15.1 Å². The van der Waals surface area contributed by atoms with Crippen LogP contribution in [0.15, 0.2) is 224 Å². The minimum absolute atomic E-state index is 0.652. The van der Waals surface area contributed by atoms with E-state index in [0.29, 0.717) is 5.82 Å². The number of benzene rings is 8. The van der Waals surface area contributed by atoms with Crippen LogP contribution < -0.4 is 0 Å². The van der Waals surface area contributed by atoms with E-state index in [-0.39, 0.29) is 0 Å². The van der Waals surface area contributed by atoms with Gasteiger partial charge in [-0.3, -0.25) is 0 Å². The van der Waals surface area contributed by atoms with E-state index in [1.165, 1.54) is 5.39 Å². The number of rotatable bonds is 7. The molecule has 62 heavy (non-hydrogen) atoms. The largest absolute Gasteiger partial charge is 0.309 e. The molecule has 0 fully saturated rings. The zero-order valence-electron chi connectivity index (χ0n) is 33.6. The van der Waals surface area contributed by atoms with Gasteiger partial charge in [0, 0.05) is 55.2 Å². The number of nitrogens with zero attached hydrogens (tertiary/aromatic N) is 5. The first-order valence-electron chi connectivity index (χ1n) is 21.0. The molecule has 0 saturated heterocycles. The summed E-state index contributed by atoms with van der Waals surface area (Å²) in [5.41, 5.74) is 15.4. The molecule has 12 aromatic rings. The van der Waals surface area contributed by atoms with Crippen molar-refractivity contribution in [2.75, 3.05) is 0 Å². The second kappa shape index (κ2) is 14.7. The number of aromatic nitrogens is 5. The summed E-state index contributed by atoms with van der Waals surface area (Å²) in [7, 11) is 0. The van der Waals surface area contributed by atoms with Gasteiger partial charge in [-0.2, -0.15) is 5.10 Å². The Morgan fingerprint density at radius 1 is 0.387 bits per heavy atom. The number of hydrogen-bond acceptors (Lipinski definition) is 3. The lowest BCUT2D eigenvalue weighted by atomic mass is 9.96. The van der Waals surface area contributed by atoms with Gasteiger partial charge in [0.2, 0.25) is 0 Å². The molecule has 0 bridgehead atoms. The Hall–Kier alpha value is -8.41. The molecule has 0 aliphatic heterocycles. The highest BCUT2D eigenvalue weighted by Gasteiger charge is 2.23. The summed E-state index contributed by atoms with van der Waals surface area (Å²) in [4.78, 5) is 10.7. The summed E-state index contributed by atoms with van der Waals surface area (Å²) >= 11 is 0. The molecular formula is C57H37N5. The minimum atomic E-state index is 0.652. The van der Waals surface area contributed by atoms with E-state index >= 15 is 0 Å². The lowest BCUT2D eigenvalue weighted by molar-refractivity contribution is 0.979. The molecule has 4 heterocycles. The third-order valence-electron chi connectivity index (χ3n) is 11.9. The van der Waals surface area contributed by atoms with Crippen LogP contribution in [-0.4, -0.2) is 24.1 Å². The van der Waals surface area contributed by atoms with Crippen LogP contribution in [0.3, 0.4) is 0 Å². The van der Waals surface area contributed by atoms with E-state index in [1.807, 2.05) is 6.07 Å². The Balaban J connectivity index is 1.09. The topological polar surface area (TPSA) is 48.0 Å². The maximum Gasteiger partial charge on any atom is 0.160 e. The quantitative estimate of drug-likeness (QED) is 0.162. The van der Waals surface area contributed by atoms with Crippen LogP contribution in [0.1, 0.15) is 0 Å². The molecular weight excluding hydrogens is 755 g/mol. The molecule has 0 aliphatic rings. The fourth-order valence-electron chi connectivity index (χ4n) is 9.15. The van der Waals surface area contributed by atoms with Crippen molar-refractivity contribution < 1.29 is 0 Å². The van der Waals surface area contributed by atoms with E-state index in [9.17, 15) is 0 Å². The van der Waals surface area contributed by atoms with Gasteiger partial charge >= 0.3 is 0 Å². The van der Waals surface area contributed by atoms with Crippen molar-refractivity contribution in [1.82, 2.24) is 24.1 Å². The van der Waals surface area contributed by atoms with Crippen LogP contribution >= 0.6 is 0 Å². The zero-order chi connectivity index (χ0) is 41.0. The summed E-state index contributed by atoms with van der Waals surface area (Å²) in [5, 5.41) is 10.1. The highest BCUT2D eigenvalue weighted by molar-refractivity contribution is 6.15. The molecule has 0 unspecified atom stereocenters. The second-order valence-corrected chi connectivity index (χ2v) is 15.6. The molecule has 0 N–H and O–H groups in total. The monoisotopic (exact) mass is 791 g/mol. The molecule has 0 aliphatic carbocycles. The average molecular weight is 792 g/mol. The van der Waals surface area contributed by atoms with Crippen LogP contribution in [0.2, 0.25) is 0 Å². The normalized spacial score (nSPS) is 11.5. The van der Waals surface area contributed by atoms with E-state index in [0.717, 1.165) is 100 Å². The van der Waals surface area contributed by atoms with Gasteiger partial charge in [-0.25, -0.2) is 14.5 Å². The van der Waals surface area contributed by atoms with Crippen molar-refractivity contribution >= 4 is 38.1 Å². The zero-order valence-corrected chi connectivity index (χ0v) is 33.6. The first-order valence-corrected chi connectivity index (χ1v) is 21.0. The van der Waals surface area contributed by atoms with Gasteiger partial charge in [0.1, 0.15) is 5.69 Å². The summed E-state index contributed by atoms with van der Waals surface area (Å²) in [6.07, 6.45) is 0. The average Bonchev–Trinajstić information content (AvgIpc) is 3.92. The summed E-state index contributed by atoms with van der Waals surface area (Å²) in [6.45, 7) is 0.